The molecule has 2 rings (SSSR count). The molecule has 0 saturated carbocycles. The van der Waals surface area contributed by atoms with Crippen molar-refractivity contribution >= 4 is 11.6 Å². The monoisotopic (exact) mass is 257 g/mol. The summed E-state index contributed by atoms with van der Waals surface area (Å²) in [5, 5.41) is 3.02. The molecule has 1 aromatic rings. The Morgan fingerprint density at radius 2 is 2.05 bits per heavy atom. The van der Waals surface area contributed by atoms with Gasteiger partial charge in [0.05, 0.1) is 0 Å². The molecule has 19 heavy (non-hydrogen) atoms. The van der Waals surface area contributed by atoms with Gasteiger partial charge in [-0.2, -0.15) is 0 Å². The van der Waals surface area contributed by atoms with Crippen molar-refractivity contribution in [2.24, 2.45) is 5.92 Å². The smallest absolute Gasteiger partial charge is 0.227 e. The van der Waals surface area contributed by atoms with E-state index in [9.17, 15) is 4.79 Å². The lowest BCUT2D eigenvalue weighted by atomic mass is 9.93. The van der Waals surface area contributed by atoms with Gasteiger partial charge in [0.25, 0.3) is 0 Å². The second-order valence-corrected chi connectivity index (χ2v) is 5.27. The lowest BCUT2D eigenvalue weighted by Gasteiger charge is -2.17. The van der Waals surface area contributed by atoms with Crippen LogP contribution in [0.4, 0.5) is 5.69 Å². The Balaban J connectivity index is 1.88. The van der Waals surface area contributed by atoms with Crippen LogP contribution in [0.15, 0.2) is 36.4 Å². The highest BCUT2D eigenvalue weighted by atomic mass is 16.1. The lowest BCUT2D eigenvalue weighted by molar-refractivity contribution is -0.120. The van der Waals surface area contributed by atoms with Gasteiger partial charge < -0.3 is 5.32 Å². The number of allylic oxidation sites excluding steroid dienone is 2. The van der Waals surface area contributed by atoms with E-state index in [-0.39, 0.29) is 11.8 Å². The summed E-state index contributed by atoms with van der Waals surface area (Å²) in [6.07, 6.45) is 10.7. The molecule has 0 spiro atoms. The number of rotatable bonds is 5. The zero-order chi connectivity index (χ0) is 13.5. The van der Waals surface area contributed by atoms with Gasteiger partial charge in [-0.1, -0.05) is 37.6 Å². The number of unbranched alkanes of at least 4 members (excludes halogenated alkanes) is 1. The normalized spacial score (nSPS) is 18.3. The fourth-order valence-electron chi connectivity index (χ4n) is 2.41. The van der Waals surface area contributed by atoms with Gasteiger partial charge in [0.2, 0.25) is 5.91 Å². The Labute approximate surface area is 115 Å². The van der Waals surface area contributed by atoms with Crippen LogP contribution >= 0.6 is 0 Å². The zero-order valence-electron chi connectivity index (χ0n) is 11.7. The second kappa shape index (κ2) is 7.13. The number of anilines is 1. The average Bonchev–Trinajstić information content (AvgIpc) is 2.47. The summed E-state index contributed by atoms with van der Waals surface area (Å²) in [4.78, 5) is 12.1. The van der Waals surface area contributed by atoms with Crippen molar-refractivity contribution in [2.45, 2.75) is 45.4 Å². The van der Waals surface area contributed by atoms with E-state index in [1.54, 1.807) is 0 Å². The van der Waals surface area contributed by atoms with E-state index in [4.69, 9.17) is 0 Å². The van der Waals surface area contributed by atoms with E-state index in [1.165, 1.54) is 18.4 Å². The maximum atomic E-state index is 12.1. The van der Waals surface area contributed by atoms with Crippen molar-refractivity contribution in [1.82, 2.24) is 0 Å². The summed E-state index contributed by atoms with van der Waals surface area (Å²) in [5.41, 5.74) is 2.26. The summed E-state index contributed by atoms with van der Waals surface area (Å²) < 4.78 is 0. The lowest BCUT2D eigenvalue weighted by Crippen LogP contribution is -2.23. The molecule has 0 fully saturated rings. The second-order valence-electron chi connectivity index (χ2n) is 5.27. The van der Waals surface area contributed by atoms with Crippen LogP contribution in [0.25, 0.3) is 0 Å². The average molecular weight is 257 g/mol. The van der Waals surface area contributed by atoms with Crippen molar-refractivity contribution in [3.63, 3.8) is 0 Å². The molecular formula is C17H23NO. The maximum Gasteiger partial charge on any atom is 0.227 e. The molecule has 1 aliphatic rings. The highest BCUT2D eigenvalue weighted by Gasteiger charge is 2.18. The highest BCUT2D eigenvalue weighted by molar-refractivity contribution is 5.92. The third-order valence-electron chi connectivity index (χ3n) is 3.68. The third-order valence-corrected chi connectivity index (χ3v) is 3.68. The number of aryl methyl sites for hydroxylation is 1. The Morgan fingerprint density at radius 1 is 1.26 bits per heavy atom. The summed E-state index contributed by atoms with van der Waals surface area (Å²) >= 11 is 0. The Hall–Kier alpha value is -1.57. The zero-order valence-corrected chi connectivity index (χ0v) is 11.7. The predicted octanol–water partition coefficient (Wildman–Crippen LogP) is 4.32. The van der Waals surface area contributed by atoms with Gasteiger partial charge in [-0.25, -0.2) is 0 Å². The molecule has 1 aliphatic carbocycles. The molecule has 0 heterocycles. The molecule has 0 radical (unpaired) electrons. The molecule has 0 bridgehead atoms. The molecule has 2 nitrogen and oxygen atoms in total. The van der Waals surface area contributed by atoms with E-state index >= 15 is 0 Å². The number of hydrogen-bond acceptors (Lipinski definition) is 1. The summed E-state index contributed by atoms with van der Waals surface area (Å²) in [6.45, 7) is 2.20. The molecule has 102 valence electrons. The minimum absolute atomic E-state index is 0.143. The van der Waals surface area contributed by atoms with E-state index in [2.05, 4.69) is 36.5 Å². The SMILES string of the molecule is CCCCc1ccc(NC(=O)C2CC=CCC2)cc1. The maximum absolute atomic E-state index is 12.1. The van der Waals surface area contributed by atoms with Crippen LogP contribution in [0.2, 0.25) is 0 Å². The minimum atomic E-state index is 0.143. The molecule has 1 amide bonds. The fraction of sp³-hybridized carbons (Fsp3) is 0.471. The van der Waals surface area contributed by atoms with E-state index in [0.29, 0.717) is 0 Å². The Bertz CT molecular complexity index is 433. The molecule has 0 aliphatic heterocycles. The summed E-state index contributed by atoms with van der Waals surface area (Å²) in [5.74, 6) is 0.301. The third kappa shape index (κ3) is 4.23. The van der Waals surface area contributed by atoms with Crippen LogP contribution in [0.1, 0.15) is 44.6 Å². The molecule has 0 saturated heterocycles. The number of amides is 1. The molecular weight excluding hydrogens is 234 g/mol. The quantitative estimate of drug-likeness (QED) is 0.782. The molecule has 1 N–H and O–H groups in total. The van der Waals surface area contributed by atoms with Gasteiger partial charge in [0, 0.05) is 11.6 Å². The van der Waals surface area contributed by atoms with Gasteiger partial charge in [0.1, 0.15) is 0 Å². The fourth-order valence-corrected chi connectivity index (χ4v) is 2.41. The first kappa shape index (κ1) is 13.9. The van der Waals surface area contributed by atoms with Crippen LogP contribution in [0.5, 0.6) is 0 Å². The van der Waals surface area contributed by atoms with Gasteiger partial charge in [-0.15, -0.1) is 0 Å². The number of carbonyl (C=O) groups is 1. The van der Waals surface area contributed by atoms with Crippen molar-refractivity contribution in [3.8, 4) is 0 Å². The van der Waals surface area contributed by atoms with Crippen LogP contribution in [-0.2, 0) is 11.2 Å². The number of nitrogens with one attached hydrogen (secondary N) is 1. The van der Waals surface area contributed by atoms with Crippen LogP contribution in [0, 0.1) is 5.92 Å². The molecule has 1 unspecified atom stereocenters. The minimum Gasteiger partial charge on any atom is -0.326 e. The molecule has 1 atom stereocenters. The van der Waals surface area contributed by atoms with Crippen molar-refractivity contribution in [1.29, 1.82) is 0 Å². The highest BCUT2D eigenvalue weighted by Crippen LogP contribution is 2.20. The van der Waals surface area contributed by atoms with Gasteiger partial charge in [-0.3, -0.25) is 4.79 Å². The van der Waals surface area contributed by atoms with E-state index in [0.717, 1.165) is 31.4 Å². The van der Waals surface area contributed by atoms with Crippen LogP contribution in [0.3, 0.4) is 0 Å². The summed E-state index contributed by atoms with van der Waals surface area (Å²) in [7, 11) is 0. The van der Waals surface area contributed by atoms with Crippen molar-refractivity contribution in [3.05, 3.63) is 42.0 Å². The van der Waals surface area contributed by atoms with Crippen LogP contribution < -0.4 is 5.32 Å². The van der Waals surface area contributed by atoms with Gasteiger partial charge >= 0.3 is 0 Å². The topological polar surface area (TPSA) is 29.1 Å². The summed E-state index contributed by atoms with van der Waals surface area (Å²) in [6, 6.07) is 8.27. The van der Waals surface area contributed by atoms with Gasteiger partial charge in [0.15, 0.2) is 0 Å². The van der Waals surface area contributed by atoms with Gasteiger partial charge in [-0.05, 0) is 49.8 Å². The van der Waals surface area contributed by atoms with Crippen LogP contribution in [-0.4, -0.2) is 5.91 Å². The largest absolute Gasteiger partial charge is 0.326 e. The van der Waals surface area contributed by atoms with Crippen molar-refractivity contribution < 1.29 is 4.79 Å². The predicted molar refractivity (Wildman–Crippen MR) is 80.2 cm³/mol. The number of hydrogen-bond donors (Lipinski definition) is 1. The Morgan fingerprint density at radius 3 is 2.68 bits per heavy atom. The van der Waals surface area contributed by atoms with E-state index < -0.39 is 0 Å². The Kier molecular flexibility index (Phi) is 5.20. The first-order valence-electron chi connectivity index (χ1n) is 7.34. The molecule has 2 heteroatoms. The standard InChI is InChI=1S/C17H23NO/c1-2-3-7-14-10-12-16(13-11-14)18-17(19)15-8-5-4-6-9-15/h4-5,10-13,15H,2-3,6-9H2,1H3,(H,18,19). The molecule has 0 aromatic heterocycles. The molecule has 1 aromatic carbocycles. The first-order valence-corrected chi connectivity index (χ1v) is 7.34. The van der Waals surface area contributed by atoms with Crippen molar-refractivity contribution in [2.75, 3.05) is 5.32 Å². The first-order chi connectivity index (χ1) is 9.29. The number of carbonyl (C=O) groups excluding carboxylic acids is 1. The number of benzene rings is 1. The van der Waals surface area contributed by atoms with E-state index in [1.807, 2.05) is 12.1 Å².